The first kappa shape index (κ1) is 20.1. The van der Waals surface area contributed by atoms with E-state index in [-0.39, 0.29) is 30.3 Å². The van der Waals surface area contributed by atoms with E-state index in [1.165, 1.54) is 36.1 Å². The van der Waals surface area contributed by atoms with Gasteiger partial charge in [-0.2, -0.15) is 0 Å². The zero-order chi connectivity index (χ0) is 20.0. The Balaban J connectivity index is 1.93. The summed E-state index contributed by atoms with van der Waals surface area (Å²) >= 11 is 0. The molecule has 142 valence electrons. The summed E-state index contributed by atoms with van der Waals surface area (Å²) in [4.78, 5) is 36.6. The molecule has 2 rings (SSSR count). The third kappa shape index (κ3) is 5.91. The zero-order valence-electron chi connectivity index (χ0n) is 15.5. The lowest BCUT2D eigenvalue weighted by Gasteiger charge is -2.18. The molecule has 2 aromatic rings. The van der Waals surface area contributed by atoms with Gasteiger partial charge in [-0.3, -0.25) is 14.4 Å². The lowest BCUT2D eigenvalue weighted by atomic mass is 10.1. The van der Waals surface area contributed by atoms with Crippen molar-refractivity contribution >= 4 is 23.4 Å². The van der Waals surface area contributed by atoms with Gasteiger partial charge in [-0.05, 0) is 48.9 Å². The topological polar surface area (TPSA) is 78.5 Å². The van der Waals surface area contributed by atoms with Crippen molar-refractivity contribution < 1.29 is 18.8 Å². The summed E-state index contributed by atoms with van der Waals surface area (Å²) in [5.74, 6) is -1.18. The van der Waals surface area contributed by atoms with Crippen LogP contribution in [0.2, 0.25) is 0 Å². The molecule has 0 heterocycles. The van der Waals surface area contributed by atoms with Gasteiger partial charge in [0.1, 0.15) is 5.82 Å². The third-order valence-electron chi connectivity index (χ3n) is 4.07. The van der Waals surface area contributed by atoms with Gasteiger partial charge in [-0.1, -0.05) is 12.1 Å². The van der Waals surface area contributed by atoms with Crippen LogP contribution in [-0.4, -0.2) is 36.2 Å². The fraction of sp³-hybridized carbons (Fsp3) is 0.250. The average molecular weight is 371 g/mol. The summed E-state index contributed by atoms with van der Waals surface area (Å²) in [6.45, 7) is 3.22. The molecular weight excluding hydrogens is 349 g/mol. The van der Waals surface area contributed by atoms with Gasteiger partial charge in [0, 0.05) is 25.2 Å². The Bertz CT molecular complexity index is 819. The molecule has 27 heavy (non-hydrogen) atoms. The van der Waals surface area contributed by atoms with Crippen LogP contribution in [0.3, 0.4) is 0 Å². The lowest BCUT2D eigenvalue weighted by Crippen LogP contribution is -2.38. The summed E-state index contributed by atoms with van der Waals surface area (Å²) < 4.78 is 12.9. The first-order valence-electron chi connectivity index (χ1n) is 8.44. The minimum absolute atomic E-state index is 0.00845. The number of hydrogen-bond acceptors (Lipinski definition) is 3. The molecule has 1 unspecified atom stereocenters. The Labute approximate surface area is 157 Å². The van der Waals surface area contributed by atoms with Crippen LogP contribution >= 0.6 is 0 Å². The van der Waals surface area contributed by atoms with Crippen molar-refractivity contribution in [2.24, 2.45) is 0 Å². The highest BCUT2D eigenvalue weighted by Crippen LogP contribution is 2.17. The van der Waals surface area contributed by atoms with Crippen LogP contribution in [-0.2, 0) is 9.59 Å². The molecule has 0 saturated carbocycles. The van der Waals surface area contributed by atoms with Crippen molar-refractivity contribution in [2.75, 3.05) is 18.9 Å². The largest absolute Gasteiger partial charge is 0.348 e. The number of likely N-dealkylation sites (N-methyl/N-ethyl adjacent to an activating group) is 1. The molecule has 0 aliphatic rings. The maximum Gasteiger partial charge on any atom is 0.255 e. The number of nitrogens with zero attached hydrogens (tertiary/aromatic N) is 1. The average Bonchev–Trinajstić information content (AvgIpc) is 2.62. The molecule has 0 aromatic heterocycles. The number of amides is 3. The van der Waals surface area contributed by atoms with E-state index >= 15 is 0 Å². The molecule has 0 saturated heterocycles. The van der Waals surface area contributed by atoms with Gasteiger partial charge in [-0.25, -0.2) is 4.39 Å². The molecule has 1 atom stereocenters. The van der Waals surface area contributed by atoms with Crippen molar-refractivity contribution in [1.29, 1.82) is 0 Å². The number of carbonyl (C=O) groups excluding carboxylic acids is 3. The first-order valence-corrected chi connectivity index (χ1v) is 8.44. The number of benzene rings is 2. The molecule has 2 aromatic carbocycles. The number of rotatable bonds is 6. The molecular formula is C20H22FN3O3. The standard InChI is InChI=1S/C20H22FN3O3/c1-13(22-19(26)12-24(3)14(2)25)15-6-10-18(11-7-15)23-20(27)16-4-8-17(21)9-5-16/h4-11,13H,12H2,1-3H3,(H,22,26)(H,23,27). The second-order valence-corrected chi connectivity index (χ2v) is 6.25. The zero-order valence-corrected chi connectivity index (χ0v) is 15.5. The van der Waals surface area contributed by atoms with E-state index in [1.54, 1.807) is 31.3 Å². The van der Waals surface area contributed by atoms with Crippen LogP contribution < -0.4 is 10.6 Å². The van der Waals surface area contributed by atoms with Gasteiger partial charge in [0.15, 0.2) is 0 Å². The Morgan fingerprint density at radius 3 is 2.19 bits per heavy atom. The van der Waals surface area contributed by atoms with Gasteiger partial charge < -0.3 is 15.5 Å². The monoisotopic (exact) mass is 371 g/mol. The summed E-state index contributed by atoms with van der Waals surface area (Å²) in [5.41, 5.74) is 1.80. The maximum absolute atomic E-state index is 12.9. The van der Waals surface area contributed by atoms with Crippen molar-refractivity contribution in [3.8, 4) is 0 Å². The molecule has 3 amide bonds. The summed E-state index contributed by atoms with van der Waals surface area (Å²) in [7, 11) is 1.56. The van der Waals surface area contributed by atoms with Gasteiger partial charge in [-0.15, -0.1) is 0 Å². The molecule has 0 aliphatic carbocycles. The Hall–Kier alpha value is -3.22. The Kier molecular flexibility index (Phi) is 6.65. The van der Waals surface area contributed by atoms with Crippen LogP contribution in [0.1, 0.15) is 35.8 Å². The number of hydrogen-bond donors (Lipinski definition) is 2. The smallest absolute Gasteiger partial charge is 0.255 e. The summed E-state index contributed by atoms with van der Waals surface area (Å²) in [5, 5.41) is 5.55. The van der Waals surface area contributed by atoms with Gasteiger partial charge >= 0.3 is 0 Å². The molecule has 7 heteroatoms. The number of anilines is 1. The highest BCUT2D eigenvalue weighted by Gasteiger charge is 2.13. The van der Waals surface area contributed by atoms with E-state index < -0.39 is 5.82 Å². The molecule has 6 nitrogen and oxygen atoms in total. The van der Waals surface area contributed by atoms with Crippen molar-refractivity contribution in [3.63, 3.8) is 0 Å². The van der Waals surface area contributed by atoms with Crippen molar-refractivity contribution in [3.05, 3.63) is 65.5 Å². The van der Waals surface area contributed by atoms with E-state index in [4.69, 9.17) is 0 Å². The number of carbonyl (C=O) groups is 3. The summed E-state index contributed by atoms with van der Waals surface area (Å²) in [6.07, 6.45) is 0. The van der Waals surface area contributed by atoms with Gasteiger partial charge in [0.05, 0.1) is 12.6 Å². The minimum atomic E-state index is -0.401. The van der Waals surface area contributed by atoms with E-state index in [9.17, 15) is 18.8 Å². The van der Waals surface area contributed by atoms with E-state index in [2.05, 4.69) is 10.6 Å². The van der Waals surface area contributed by atoms with Crippen molar-refractivity contribution in [1.82, 2.24) is 10.2 Å². The maximum atomic E-state index is 12.9. The fourth-order valence-corrected chi connectivity index (χ4v) is 2.36. The normalized spacial score (nSPS) is 11.4. The highest BCUT2D eigenvalue weighted by molar-refractivity contribution is 6.04. The second kappa shape index (κ2) is 8.93. The second-order valence-electron chi connectivity index (χ2n) is 6.25. The van der Waals surface area contributed by atoms with Crippen LogP contribution in [0.25, 0.3) is 0 Å². The first-order chi connectivity index (χ1) is 12.8. The van der Waals surface area contributed by atoms with E-state index in [1.807, 2.05) is 6.92 Å². The highest BCUT2D eigenvalue weighted by atomic mass is 19.1. The Morgan fingerprint density at radius 1 is 1.04 bits per heavy atom. The molecule has 0 fully saturated rings. The fourth-order valence-electron chi connectivity index (χ4n) is 2.36. The molecule has 2 N–H and O–H groups in total. The lowest BCUT2D eigenvalue weighted by molar-refractivity contribution is -0.133. The quantitative estimate of drug-likeness (QED) is 0.820. The van der Waals surface area contributed by atoms with Crippen LogP contribution in [0.4, 0.5) is 10.1 Å². The minimum Gasteiger partial charge on any atom is -0.348 e. The summed E-state index contributed by atoms with van der Waals surface area (Å²) in [6, 6.07) is 12.1. The molecule has 0 radical (unpaired) electrons. The number of nitrogens with one attached hydrogen (secondary N) is 2. The van der Waals surface area contributed by atoms with Gasteiger partial charge in [0.2, 0.25) is 11.8 Å². The predicted molar refractivity (Wildman–Crippen MR) is 101 cm³/mol. The van der Waals surface area contributed by atoms with Crippen LogP contribution in [0, 0.1) is 5.82 Å². The Morgan fingerprint density at radius 2 is 1.63 bits per heavy atom. The SMILES string of the molecule is CC(=O)N(C)CC(=O)NC(C)c1ccc(NC(=O)c2ccc(F)cc2)cc1. The van der Waals surface area contributed by atoms with Crippen molar-refractivity contribution in [2.45, 2.75) is 19.9 Å². The van der Waals surface area contributed by atoms with Crippen LogP contribution in [0.5, 0.6) is 0 Å². The van der Waals surface area contributed by atoms with E-state index in [0.29, 0.717) is 11.3 Å². The number of halogens is 1. The molecule has 0 bridgehead atoms. The van der Waals surface area contributed by atoms with E-state index in [0.717, 1.165) is 5.56 Å². The molecule has 0 aliphatic heterocycles. The third-order valence-corrected chi connectivity index (χ3v) is 4.07. The predicted octanol–water partition coefficient (Wildman–Crippen LogP) is 2.73. The van der Waals surface area contributed by atoms with Gasteiger partial charge in [0.25, 0.3) is 5.91 Å². The molecule has 0 spiro atoms. The van der Waals surface area contributed by atoms with Crippen LogP contribution in [0.15, 0.2) is 48.5 Å².